The van der Waals surface area contributed by atoms with Crippen LogP contribution in [-0.2, 0) is 5.41 Å². The standard InChI is InChI=1S/C67H61N5O/c1-40(65(5,6)7)37-54-42(3)43(4)55(38-41(2)66(8,9)10)67(54)53-27-16-14-23-48(53)49-36-33-46(39-56(49)67)62-69-61(70-63(71-62)52-26-20-25-51-50-24-15-19-30-59(50)73-60(51)52)44-31-34-47(35-32-44)72-58-29-18-17-28-57(58)68-64(72)45-21-12-11-13-22-45/h11-38,46H,39H2,1-10H3/b40-37+,41-38+. The molecule has 6 heteroatoms. The average Bonchev–Trinajstić information content (AvgIpc) is 4.13. The Balaban J connectivity index is 1.04. The molecule has 3 aromatic heterocycles. The number of benzene rings is 6. The molecule has 9 aromatic rings. The minimum Gasteiger partial charge on any atom is -0.455 e. The normalized spacial score (nSPS) is 17.0. The SMILES string of the molecule is CC1=C(/C=C(\C)C(C)(C)C)C2(C(/C=C(\C)C(C)(C)C)=C1C)C1=C(C=CC(c3nc(-c4ccc(-n5c(-c6ccccc6)nc6ccccc65)cc4)nc(-c4cccc5c4oc4ccccc45)n3)C1)c1ccccc12. The third-order valence-electron chi connectivity index (χ3n) is 16.2. The van der Waals surface area contributed by atoms with Crippen molar-refractivity contribution in [1.29, 1.82) is 0 Å². The smallest absolute Gasteiger partial charge is 0.167 e. The first-order valence-electron chi connectivity index (χ1n) is 25.7. The second kappa shape index (κ2) is 17.1. The van der Waals surface area contributed by atoms with Crippen LogP contribution in [0.1, 0.15) is 98.5 Å². The van der Waals surface area contributed by atoms with E-state index in [1.807, 2.05) is 24.3 Å². The molecule has 360 valence electrons. The van der Waals surface area contributed by atoms with Crippen molar-refractivity contribution in [3.05, 3.63) is 226 Å². The predicted octanol–water partition coefficient (Wildman–Crippen LogP) is 17.5. The van der Waals surface area contributed by atoms with E-state index in [1.54, 1.807) is 0 Å². The van der Waals surface area contributed by atoms with E-state index in [-0.39, 0.29) is 16.7 Å². The largest absolute Gasteiger partial charge is 0.455 e. The molecule has 1 atom stereocenters. The Bertz CT molecular complexity index is 3870. The highest BCUT2D eigenvalue weighted by molar-refractivity contribution is 6.09. The zero-order valence-corrected chi connectivity index (χ0v) is 43.6. The third-order valence-corrected chi connectivity index (χ3v) is 16.2. The number of rotatable bonds is 7. The molecule has 0 amide bonds. The second-order valence-electron chi connectivity index (χ2n) is 22.4. The van der Waals surface area contributed by atoms with E-state index in [0.717, 1.165) is 73.4 Å². The van der Waals surface area contributed by atoms with Crippen molar-refractivity contribution in [2.75, 3.05) is 0 Å². The fourth-order valence-corrected chi connectivity index (χ4v) is 11.3. The predicted molar refractivity (Wildman–Crippen MR) is 301 cm³/mol. The Morgan fingerprint density at radius 1 is 0.603 bits per heavy atom. The van der Waals surface area contributed by atoms with Crippen LogP contribution in [0.15, 0.2) is 213 Å². The molecule has 1 unspecified atom stereocenters. The number of imidazole rings is 1. The molecule has 0 radical (unpaired) electrons. The lowest BCUT2D eigenvalue weighted by Crippen LogP contribution is -2.31. The van der Waals surface area contributed by atoms with Gasteiger partial charge in [0.05, 0.1) is 22.0 Å². The number of hydrogen-bond acceptors (Lipinski definition) is 5. The van der Waals surface area contributed by atoms with Gasteiger partial charge in [0.25, 0.3) is 0 Å². The van der Waals surface area contributed by atoms with E-state index in [9.17, 15) is 0 Å². The van der Waals surface area contributed by atoms with Crippen molar-refractivity contribution < 1.29 is 4.42 Å². The Morgan fingerprint density at radius 2 is 1.22 bits per heavy atom. The summed E-state index contributed by atoms with van der Waals surface area (Å²) in [6.07, 6.45) is 10.5. The fraction of sp³-hybridized carbons (Fsp3) is 0.224. The summed E-state index contributed by atoms with van der Waals surface area (Å²) in [5, 5.41) is 2.09. The molecule has 0 saturated heterocycles. The lowest BCUT2D eigenvalue weighted by Gasteiger charge is -2.38. The summed E-state index contributed by atoms with van der Waals surface area (Å²) < 4.78 is 8.91. The van der Waals surface area contributed by atoms with Crippen molar-refractivity contribution in [3.8, 4) is 39.9 Å². The number of fused-ring (bicyclic) bond motifs is 8. The molecule has 0 fully saturated rings. The van der Waals surface area contributed by atoms with Crippen molar-refractivity contribution in [2.24, 2.45) is 10.8 Å². The lowest BCUT2D eigenvalue weighted by atomic mass is 9.64. The maximum atomic E-state index is 6.67. The lowest BCUT2D eigenvalue weighted by molar-refractivity contribution is 0.500. The van der Waals surface area contributed by atoms with Crippen molar-refractivity contribution in [1.82, 2.24) is 24.5 Å². The topological polar surface area (TPSA) is 69.6 Å². The summed E-state index contributed by atoms with van der Waals surface area (Å²) >= 11 is 0. The van der Waals surface area contributed by atoms with Gasteiger partial charge in [-0.25, -0.2) is 19.9 Å². The van der Waals surface area contributed by atoms with E-state index in [2.05, 4.69) is 219 Å². The van der Waals surface area contributed by atoms with E-state index in [4.69, 9.17) is 24.4 Å². The highest BCUT2D eigenvalue weighted by Gasteiger charge is 2.54. The van der Waals surface area contributed by atoms with E-state index in [0.29, 0.717) is 11.6 Å². The number of furan rings is 1. The van der Waals surface area contributed by atoms with Gasteiger partial charge in [-0.2, -0.15) is 0 Å². The summed E-state index contributed by atoms with van der Waals surface area (Å²) in [4.78, 5) is 21.5. The second-order valence-corrected chi connectivity index (χ2v) is 22.4. The Hall–Kier alpha value is -7.96. The summed E-state index contributed by atoms with van der Waals surface area (Å²) in [6.45, 7) is 23.2. The average molecular weight is 952 g/mol. The Kier molecular flexibility index (Phi) is 10.8. The van der Waals surface area contributed by atoms with Crippen LogP contribution in [0.2, 0.25) is 0 Å². The number of nitrogens with zero attached hydrogens (tertiary/aromatic N) is 5. The quantitative estimate of drug-likeness (QED) is 0.159. The first kappa shape index (κ1) is 46.1. The molecule has 0 saturated carbocycles. The highest BCUT2D eigenvalue weighted by atomic mass is 16.3. The number of allylic oxidation sites excluding steroid dienone is 12. The molecule has 12 rings (SSSR count). The van der Waals surface area contributed by atoms with Gasteiger partial charge in [0.15, 0.2) is 11.6 Å². The molecule has 0 N–H and O–H groups in total. The van der Waals surface area contributed by atoms with Crippen molar-refractivity contribution in [3.63, 3.8) is 0 Å². The van der Waals surface area contributed by atoms with Crippen LogP contribution in [0.25, 0.3) is 78.4 Å². The van der Waals surface area contributed by atoms with Gasteiger partial charge in [-0.1, -0.05) is 174 Å². The highest BCUT2D eigenvalue weighted by Crippen LogP contribution is 2.64. The first-order chi connectivity index (χ1) is 35.1. The molecule has 6 nitrogen and oxygen atoms in total. The zero-order valence-electron chi connectivity index (χ0n) is 43.6. The zero-order chi connectivity index (χ0) is 50.6. The van der Waals surface area contributed by atoms with Gasteiger partial charge in [0, 0.05) is 33.5 Å². The van der Waals surface area contributed by atoms with Crippen LogP contribution in [0, 0.1) is 10.8 Å². The van der Waals surface area contributed by atoms with Gasteiger partial charge in [0.2, 0.25) is 0 Å². The molecule has 73 heavy (non-hydrogen) atoms. The maximum absolute atomic E-state index is 6.67. The number of para-hydroxylation sites is 4. The van der Waals surface area contributed by atoms with Gasteiger partial charge in [0.1, 0.15) is 22.8 Å². The van der Waals surface area contributed by atoms with Gasteiger partial charge in [-0.3, -0.25) is 4.57 Å². The molecular formula is C67H61N5O. The first-order valence-corrected chi connectivity index (χ1v) is 25.7. The van der Waals surface area contributed by atoms with Crippen LogP contribution < -0.4 is 0 Å². The summed E-state index contributed by atoms with van der Waals surface area (Å²) in [7, 11) is 0. The Labute approximate surface area is 429 Å². The van der Waals surface area contributed by atoms with Crippen LogP contribution in [-0.4, -0.2) is 24.5 Å². The van der Waals surface area contributed by atoms with Crippen LogP contribution in [0.4, 0.5) is 0 Å². The monoisotopic (exact) mass is 951 g/mol. The van der Waals surface area contributed by atoms with Crippen molar-refractivity contribution >= 4 is 38.5 Å². The van der Waals surface area contributed by atoms with Gasteiger partial charge in [-0.05, 0) is 138 Å². The fourth-order valence-electron chi connectivity index (χ4n) is 11.3. The Morgan fingerprint density at radius 3 is 1.95 bits per heavy atom. The number of hydrogen-bond donors (Lipinski definition) is 0. The molecule has 0 aliphatic heterocycles. The molecule has 3 heterocycles. The molecule has 1 spiro atoms. The maximum Gasteiger partial charge on any atom is 0.167 e. The van der Waals surface area contributed by atoms with Gasteiger partial charge in [-0.15, -0.1) is 0 Å². The van der Waals surface area contributed by atoms with Crippen LogP contribution in [0.3, 0.4) is 0 Å². The summed E-state index contributed by atoms with van der Waals surface area (Å²) in [5.41, 5.74) is 20.3. The molecular weight excluding hydrogens is 891 g/mol. The van der Waals surface area contributed by atoms with Crippen LogP contribution in [0.5, 0.6) is 0 Å². The molecule has 0 bridgehead atoms. The molecule has 3 aliphatic carbocycles. The van der Waals surface area contributed by atoms with Crippen LogP contribution >= 0.6 is 0 Å². The minimum absolute atomic E-state index is 0.0120. The summed E-state index contributed by atoms with van der Waals surface area (Å²) in [6, 6.07) is 50.9. The summed E-state index contributed by atoms with van der Waals surface area (Å²) in [5.74, 6) is 2.65. The minimum atomic E-state index is -0.507. The van der Waals surface area contributed by atoms with E-state index in [1.165, 1.54) is 55.7 Å². The molecule has 3 aliphatic rings. The molecule has 6 aromatic carbocycles. The van der Waals surface area contributed by atoms with E-state index >= 15 is 0 Å². The van der Waals surface area contributed by atoms with Gasteiger partial charge >= 0.3 is 0 Å². The number of aromatic nitrogens is 5. The van der Waals surface area contributed by atoms with E-state index < -0.39 is 5.41 Å². The van der Waals surface area contributed by atoms with Crippen molar-refractivity contribution in [2.45, 2.75) is 87.0 Å². The third kappa shape index (κ3) is 7.44. The van der Waals surface area contributed by atoms with Gasteiger partial charge < -0.3 is 4.42 Å².